The molecule has 0 fully saturated rings. The monoisotopic (exact) mass is 354 g/mol. The molecule has 0 aliphatic rings. The van der Waals surface area contributed by atoms with Gasteiger partial charge in [0, 0.05) is 23.5 Å². The Morgan fingerprint density at radius 1 is 1.20 bits per heavy atom. The molecule has 3 aromatic rings. The van der Waals surface area contributed by atoms with Gasteiger partial charge in [0.2, 0.25) is 0 Å². The van der Waals surface area contributed by atoms with Gasteiger partial charge in [-0.3, -0.25) is 0 Å². The highest BCUT2D eigenvalue weighted by atomic mass is 32.2. The molecule has 0 spiro atoms. The molecule has 126 valence electrons. The summed E-state index contributed by atoms with van der Waals surface area (Å²) in [5.74, 6) is -1.10. The number of carbonyl (C=O) groups is 1. The van der Waals surface area contributed by atoms with E-state index >= 15 is 0 Å². The number of carboxylic acids is 1. The second-order valence-corrected chi connectivity index (χ2v) is 7.94. The Kier molecular flexibility index (Phi) is 4.07. The van der Waals surface area contributed by atoms with Gasteiger partial charge in [-0.2, -0.15) is 5.26 Å². The van der Waals surface area contributed by atoms with Gasteiger partial charge in [-0.1, -0.05) is 6.07 Å². The molecule has 3 rings (SSSR count). The largest absolute Gasteiger partial charge is 0.478 e. The first-order valence-corrected chi connectivity index (χ1v) is 9.40. The van der Waals surface area contributed by atoms with E-state index in [2.05, 4.69) is 6.07 Å². The van der Waals surface area contributed by atoms with Crippen LogP contribution in [0.3, 0.4) is 0 Å². The Balaban J connectivity index is 2.14. The summed E-state index contributed by atoms with van der Waals surface area (Å²) in [7, 11) is -3.17. The first-order valence-electron chi connectivity index (χ1n) is 7.34. The molecule has 1 N–H and O–H groups in total. The minimum Gasteiger partial charge on any atom is -0.478 e. The number of aromatic nitrogens is 1. The lowest BCUT2D eigenvalue weighted by molar-refractivity contribution is 0.0697. The Labute approximate surface area is 144 Å². The van der Waals surface area contributed by atoms with Crippen LogP contribution in [-0.4, -0.2) is 30.3 Å². The average Bonchev–Trinajstić information content (AvgIpc) is 2.91. The fraction of sp³-hybridized carbons (Fsp3) is 0.111. The van der Waals surface area contributed by atoms with Gasteiger partial charge in [-0.25, -0.2) is 13.2 Å². The lowest BCUT2D eigenvalue weighted by Crippen LogP contribution is -2.00. The Hall–Kier alpha value is -3.11. The highest BCUT2D eigenvalue weighted by Gasteiger charge is 2.13. The summed E-state index contributed by atoms with van der Waals surface area (Å²) in [5, 5.41) is 19.0. The number of carboxylic acid groups (broad SMARTS) is 1. The molecular formula is C18H14N2O4S. The number of rotatable bonds is 4. The van der Waals surface area contributed by atoms with E-state index in [0.717, 1.165) is 11.8 Å². The minimum atomic E-state index is -3.17. The van der Waals surface area contributed by atoms with Gasteiger partial charge in [-0.15, -0.1) is 0 Å². The zero-order valence-corrected chi connectivity index (χ0v) is 14.1. The fourth-order valence-corrected chi connectivity index (χ4v) is 3.52. The molecule has 0 unspecified atom stereocenters. The molecule has 0 bridgehead atoms. The topological polar surface area (TPSA) is 100 Å². The van der Waals surface area contributed by atoms with Crippen LogP contribution in [0.5, 0.6) is 0 Å². The molecular weight excluding hydrogens is 340 g/mol. The van der Waals surface area contributed by atoms with Crippen molar-refractivity contribution in [3.8, 4) is 11.8 Å². The summed E-state index contributed by atoms with van der Waals surface area (Å²) >= 11 is 0. The van der Waals surface area contributed by atoms with Crippen molar-refractivity contribution < 1.29 is 18.3 Å². The van der Waals surface area contributed by atoms with Crippen LogP contribution in [-0.2, 0) is 15.6 Å². The van der Waals surface area contributed by atoms with Crippen molar-refractivity contribution in [3.05, 3.63) is 65.4 Å². The van der Waals surface area contributed by atoms with Crippen molar-refractivity contribution in [2.45, 2.75) is 5.75 Å². The lowest BCUT2D eigenvalue weighted by Gasteiger charge is -2.07. The van der Waals surface area contributed by atoms with Crippen LogP contribution in [0, 0.1) is 11.3 Å². The van der Waals surface area contributed by atoms with E-state index in [4.69, 9.17) is 5.11 Å². The SMILES string of the molecule is CS(=O)(=O)Cc1ccc2c(c1)c(C#N)cn2-c1ccc(C(=O)O)cc1. The van der Waals surface area contributed by atoms with Crippen LogP contribution < -0.4 is 0 Å². The van der Waals surface area contributed by atoms with Gasteiger partial charge in [0.05, 0.1) is 22.4 Å². The molecule has 25 heavy (non-hydrogen) atoms. The van der Waals surface area contributed by atoms with Gasteiger partial charge >= 0.3 is 5.97 Å². The molecule has 0 amide bonds. The summed E-state index contributed by atoms with van der Waals surface area (Å²) in [6.45, 7) is 0. The van der Waals surface area contributed by atoms with E-state index in [9.17, 15) is 18.5 Å². The predicted octanol–water partition coefficient (Wildman–Crippen LogP) is 2.74. The van der Waals surface area contributed by atoms with Gasteiger partial charge in [0.15, 0.2) is 9.84 Å². The second kappa shape index (κ2) is 6.07. The van der Waals surface area contributed by atoms with Crippen LogP contribution in [0.4, 0.5) is 0 Å². The number of fused-ring (bicyclic) bond motifs is 1. The Morgan fingerprint density at radius 3 is 2.44 bits per heavy atom. The number of nitriles is 1. The fourth-order valence-electron chi connectivity index (χ4n) is 2.74. The molecule has 0 atom stereocenters. The van der Waals surface area contributed by atoms with Crippen molar-refractivity contribution in [1.82, 2.24) is 4.57 Å². The number of aromatic carboxylic acids is 1. The van der Waals surface area contributed by atoms with E-state index in [0.29, 0.717) is 22.2 Å². The predicted molar refractivity (Wildman–Crippen MR) is 93.5 cm³/mol. The van der Waals surface area contributed by atoms with Crippen molar-refractivity contribution in [2.24, 2.45) is 0 Å². The van der Waals surface area contributed by atoms with E-state index in [-0.39, 0.29) is 11.3 Å². The normalized spacial score (nSPS) is 11.4. The smallest absolute Gasteiger partial charge is 0.335 e. The highest BCUT2D eigenvalue weighted by Crippen LogP contribution is 2.26. The Morgan fingerprint density at radius 2 is 1.88 bits per heavy atom. The molecule has 1 heterocycles. The van der Waals surface area contributed by atoms with Gasteiger partial charge in [-0.05, 0) is 42.0 Å². The summed E-state index contributed by atoms with van der Waals surface area (Å²) in [5.41, 5.74) is 2.68. The molecule has 1 aromatic heterocycles. The second-order valence-electron chi connectivity index (χ2n) is 5.80. The van der Waals surface area contributed by atoms with E-state index in [1.807, 2.05) is 0 Å². The maximum atomic E-state index is 11.5. The minimum absolute atomic E-state index is 0.0910. The van der Waals surface area contributed by atoms with Crippen molar-refractivity contribution in [2.75, 3.05) is 6.26 Å². The zero-order chi connectivity index (χ0) is 18.2. The maximum absolute atomic E-state index is 11.5. The number of sulfone groups is 1. The van der Waals surface area contributed by atoms with Gasteiger partial charge in [0.25, 0.3) is 0 Å². The summed E-state index contributed by atoms with van der Waals surface area (Å²) < 4.78 is 24.8. The third kappa shape index (κ3) is 3.39. The molecule has 0 aliphatic heterocycles. The summed E-state index contributed by atoms with van der Waals surface area (Å²) in [6.07, 6.45) is 2.82. The molecule has 0 saturated heterocycles. The third-order valence-electron chi connectivity index (χ3n) is 3.81. The van der Waals surface area contributed by atoms with E-state index in [1.165, 1.54) is 12.1 Å². The van der Waals surface area contributed by atoms with Crippen molar-refractivity contribution in [1.29, 1.82) is 5.26 Å². The number of hydrogen-bond acceptors (Lipinski definition) is 4. The van der Waals surface area contributed by atoms with Crippen molar-refractivity contribution >= 4 is 26.7 Å². The third-order valence-corrected chi connectivity index (χ3v) is 4.67. The van der Waals surface area contributed by atoms with Crippen LogP contribution >= 0.6 is 0 Å². The molecule has 0 saturated carbocycles. The van der Waals surface area contributed by atoms with Gasteiger partial charge < -0.3 is 9.67 Å². The molecule has 2 aromatic carbocycles. The first-order chi connectivity index (χ1) is 11.8. The van der Waals surface area contributed by atoms with Crippen LogP contribution in [0.25, 0.3) is 16.6 Å². The van der Waals surface area contributed by atoms with Crippen LogP contribution in [0.15, 0.2) is 48.7 Å². The maximum Gasteiger partial charge on any atom is 0.335 e. The van der Waals surface area contributed by atoms with Crippen molar-refractivity contribution in [3.63, 3.8) is 0 Å². The average molecular weight is 354 g/mol. The zero-order valence-electron chi connectivity index (χ0n) is 13.3. The molecule has 7 heteroatoms. The van der Waals surface area contributed by atoms with Crippen LogP contribution in [0.2, 0.25) is 0 Å². The molecule has 0 aliphatic carbocycles. The van der Waals surface area contributed by atoms with Crippen LogP contribution in [0.1, 0.15) is 21.5 Å². The summed E-state index contributed by atoms with van der Waals surface area (Å²) in [4.78, 5) is 11.0. The van der Waals surface area contributed by atoms with E-state index < -0.39 is 15.8 Å². The number of benzene rings is 2. The lowest BCUT2D eigenvalue weighted by atomic mass is 10.1. The Bertz CT molecular complexity index is 1120. The quantitative estimate of drug-likeness (QED) is 0.776. The standard InChI is InChI=1S/C18H14N2O4S/c1-25(23,24)11-12-2-7-17-16(8-12)14(9-19)10-20(17)15-5-3-13(4-6-15)18(21)22/h2-8,10H,11H2,1H3,(H,21,22). The summed E-state index contributed by atoms with van der Waals surface area (Å²) in [6, 6.07) is 13.6. The van der Waals surface area contributed by atoms with Gasteiger partial charge in [0.1, 0.15) is 6.07 Å². The van der Waals surface area contributed by atoms with E-state index in [1.54, 1.807) is 41.1 Å². The highest BCUT2D eigenvalue weighted by molar-refractivity contribution is 7.89. The molecule has 6 nitrogen and oxygen atoms in total. The first kappa shape index (κ1) is 16.7. The number of nitrogens with zero attached hydrogens (tertiary/aromatic N) is 2. The molecule has 0 radical (unpaired) electrons. The number of hydrogen-bond donors (Lipinski definition) is 1.